The normalized spacial score (nSPS) is 14.4. The molecule has 7 atom stereocenters. The fourth-order valence-corrected chi connectivity index (χ4v) is 5.49. The first-order valence-electron chi connectivity index (χ1n) is 19.8. The fourth-order valence-electron chi connectivity index (χ4n) is 5.49. The number of nitrogens with one attached hydrogen (secondary N) is 7. The third-order valence-corrected chi connectivity index (χ3v) is 8.72. The smallest absolute Gasteiger partial charge is 0.326 e. The van der Waals surface area contributed by atoms with E-state index in [1.807, 2.05) is 0 Å². The Labute approximate surface area is 354 Å². The SMILES string of the molecule is CC(C)C[C@H](NC(=O)CNC(=O)[C@H](CCCCN)NC(=O)[C@H](C)NC(=O)[C@@H](N)CC(N)=O)C(=O)N[C@@H](CC(N)=O)C(=O)N[C@H](C(=O)N[C@@H](CCCN=C(N)N)C(=O)O)C(C)C. The summed E-state index contributed by atoms with van der Waals surface area (Å²) in [7, 11) is 0. The molecule has 0 spiro atoms. The molecule has 0 unspecified atom stereocenters. The van der Waals surface area contributed by atoms with Crippen LogP contribution in [0.1, 0.15) is 86.0 Å². The Hall–Kier alpha value is -6.11. The van der Waals surface area contributed by atoms with Crippen LogP contribution in [0.2, 0.25) is 0 Å². The van der Waals surface area contributed by atoms with Gasteiger partial charge >= 0.3 is 5.97 Å². The highest BCUT2D eigenvalue weighted by Gasteiger charge is 2.34. The summed E-state index contributed by atoms with van der Waals surface area (Å²) in [5, 5.41) is 26.5. The Bertz CT molecular complexity index is 1570. The molecule has 20 N–H and O–H groups in total. The standard InChI is InChI=1S/C36H66N14O11/c1-17(2)13-23(46-27(53)16-44-31(56)21(9-6-7-11-37)47-29(54)19(5)45-30(55)20(38)14-25(39)51)32(57)49-24(15-26(40)52)33(58)50-28(18(3)4)34(59)48-22(35(60)61)10-8-12-43-36(41)42/h17-24,28H,6-16,37-38H2,1-5H3,(H2,39,51)(H2,40,52)(H,44,56)(H,45,55)(H,46,53)(H,47,54)(H,48,59)(H,49,57)(H,50,58)(H,60,61)(H4,41,42,43)/t19-,20-,21-,22-,23-,24-,28-/m0/s1. The van der Waals surface area contributed by atoms with E-state index in [9.17, 15) is 53.1 Å². The summed E-state index contributed by atoms with van der Waals surface area (Å²) in [6.45, 7) is 7.66. The molecule has 0 aliphatic rings. The van der Waals surface area contributed by atoms with Gasteiger partial charge in [0.2, 0.25) is 53.2 Å². The van der Waals surface area contributed by atoms with Gasteiger partial charge in [-0.1, -0.05) is 27.7 Å². The van der Waals surface area contributed by atoms with Crippen molar-refractivity contribution in [1.82, 2.24) is 37.2 Å². The minimum Gasteiger partial charge on any atom is -0.480 e. The molecule has 0 heterocycles. The van der Waals surface area contributed by atoms with E-state index < -0.39 is 127 Å². The minimum absolute atomic E-state index is 0.0255. The molecule has 25 heteroatoms. The van der Waals surface area contributed by atoms with Crippen molar-refractivity contribution in [2.45, 2.75) is 128 Å². The van der Waals surface area contributed by atoms with Crippen molar-refractivity contribution in [2.75, 3.05) is 19.6 Å². The van der Waals surface area contributed by atoms with Crippen LogP contribution in [0.5, 0.6) is 0 Å². The molecular formula is C36H66N14O11. The number of carbonyl (C=O) groups is 10. The Morgan fingerprint density at radius 1 is 0.590 bits per heavy atom. The highest BCUT2D eigenvalue weighted by molar-refractivity contribution is 5.98. The first-order chi connectivity index (χ1) is 28.4. The number of nitrogens with zero attached hydrogens (tertiary/aromatic N) is 1. The lowest BCUT2D eigenvalue weighted by molar-refractivity contribution is -0.143. The molecule has 0 fully saturated rings. The van der Waals surface area contributed by atoms with Crippen molar-refractivity contribution >= 4 is 65.1 Å². The number of hydrogen-bond acceptors (Lipinski definition) is 13. The van der Waals surface area contributed by atoms with Gasteiger partial charge in [-0.2, -0.15) is 0 Å². The first kappa shape index (κ1) is 54.9. The summed E-state index contributed by atoms with van der Waals surface area (Å²) in [6.07, 6.45) is -0.00731. The van der Waals surface area contributed by atoms with E-state index in [-0.39, 0.29) is 44.1 Å². The average Bonchev–Trinajstić information content (AvgIpc) is 3.14. The highest BCUT2D eigenvalue weighted by Crippen LogP contribution is 2.09. The fraction of sp³-hybridized carbons (Fsp3) is 0.694. The topological polar surface area (TPSA) is 444 Å². The zero-order valence-corrected chi connectivity index (χ0v) is 35.4. The lowest BCUT2D eigenvalue weighted by Gasteiger charge is -2.27. The monoisotopic (exact) mass is 871 g/mol. The Balaban J connectivity index is 5.88. The predicted molar refractivity (Wildman–Crippen MR) is 221 cm³/mol. The second-order valence-electron chi connectivity index (χ2n) is 15.1. The van der Waals surface area contributed by atoms with Gasteiger partial charge in [0.15, 0.2) is 5.96 Å². The number of rotatable bonds is 30. The molecule has 25 nitrogen and oxygen atoms in total. The van der Waals surface area contributed by atoms with Gasteiger partial charge in [0.1, 0.15) is 36.3 Å². The quantitative estimate of drug-likeness (QED) is 0.0182. The number of carboxylic acid groups (broad SMARTS) is 1. The van der Waals surface area contributed by atoms with Crippen LogP contribution >= 0.6 is 0 Å². The van der Waals surface area contributed by atoms with E-state index in [2.05, 4.69) is 42.2 Å². The molecule has 9 amide bonds. The summed E-state index contributed by atoms with van der Waals surface area (Å²) in [5.41, 5.74) is 32.2. The molecule has 0 aliphatic carbocycles. The van der Waals surface area contributed by atoms with Gasteiger partial charge < -0.3 is 76.7 Å². The van der Waals surface area contributed by atoms with Crippen LogP contribution in [0.3, 0.4) is 0 Å². The van der Waals surface area contributed by atoms with Crippen LogP contribution in [0.15, 0.2) is 4.99 Å². The van der Waals surface area contributed by atoms with E-state index in [1.165, 1.54) is 6.92 Å². The van der Waals surface area contributed by atoms with Crippen molar-refractivity contribution in [3.05, 3.63) is 0 Å². The second-order valence-corrected chi connectivity index (χ2v) is 15.1. The maximum absolute atomic E-state index is 13.6. The number of nitrogens with two attached hydrogens (primary N) is 6. The van der Waals surface area contributed by atoms with Gasteiger partial charge in [-0.25, -0.2) is 4.79 Å². The lowest BCUT2D eigenvalue weighted by atomic mass is 10.0. The summed E-state index contributed by atoms with van der Waals surface area (Å²) < 4.78 is 0. The third kappa shape index (κ3) is 23.3. The number of hydrogen-bond donors (Lipinski definition) is 14. The highest BCUT2D eigenvalue weighted by atomic mass is 16.4. The van der Waals surface area contributed by atoms with Crippen molar-refractivity contribution in [3.63, 3.8) is 0 Å². The third-order valence-electron chi connectivity index (χ3n) is 8.72. The molecule has 0 saturated carbocycles. The first-order valence-corrected chi connectivity index (χ1v) is 19.8. The molecule has 61 heavy (non-hydrogen) atoms. The number of aliphatic carboxylic acids is 1. The largest absolute Gasteiger partial charge is 0.480 e. The molecule has 0 saturated heterocycles. The van der Waals surface area contributed by atoms with Gasteiger partial charge in [0, 0.05) is 6.54 Å². The van der Waals surface area contributed by atoms with Crippen LogP contribution in [0.25, 0.3) is 0 Å². The number of carbonyl (C=O) groups excluding carboxylic acids is 9. The van der Waals surface area contributed by atoms with Crippen molar-refractivity contribution < 1.29 is 53.1 Å². The van der Waals surface area contributed by atoms with Crippen molar-refractivity contribution in [2.24, 2.45) is 51.2 Å². The van der Waals surface area contributed by atoms with E-state index in [4.69, 9.17) is 34.4 Å². The Kier molecular flexibility index (Phi) is 25.5. The number of primary amides is 2. The number of guanidine groups is 1. The van der Waals surface area contributed by atoms with Crippen LogP contribution < -0.4 is 71.6 Å². The molecule has 0 radical (unpaired) electrons. The number of aliphatic imine (C=N–C) groups is 1. The van der Waals surface area contributed by atoms with E-state index >= 15 is 0 Å². The maximum atomic E-state index is 13.6. The summed E-state index contributed by atoms with van der Waals surface area (Å²) in [6, 6.07) is -9.31. The molecule has 346 valence electrons. The van der Waals surface area contributed by atoms with Crippen molar-refractivity contribution in [1.29, 1.82) is 0 Å². The Morgan fingerprint density at radius 3 is 1.67 bits per heavy atom. The minimum atomic E-state index is -1.64. The zero-order valence-electron chi connectivity index (χ0n) is 35.4. The van der Waals surface area contributed by atoms with Crippen LogP contribution in [-0.2, 0) is 47.9 Å². The number of amides is 9. The van der Waals surface area contributed by atoms with E-state index in [0.717, 1.165) is 0 Å². The maximum Gasteiger partial charge on any atom is 0.326 e. The molecule has 0 aromatic heterocycles. The number of carboxylic acids is 1. The Morgan fingerprint density at radius 2 is 1.15 bits per heavy atom. The zero-order chi connectivity index (χ0) is 47.0. The van der Waals surface area contributed by atoms with E-state index in [1.54, 1.807) is 27.7 Å². The van der Waals surface area contributed by atoms with Crippen molar-refractivity contribution in [3.8, 4) is 0 Å². The molecule has 0 aromatic rings. The molecule has 0 rings (SSSR count). The van der Waals surface area contributed by atoms with Crippen LogP contribution in [-0.4, -0.2) is 132 Å². The van der Waals surface area contributed by atoms with Gasteiger partial charge in [0.05, 0.1) is 25.4 Å². The van der Waals surface area contributed by atoms with Gasteiger partial charge in [0.25, 0.3) is 0 Å². The predicted octanol–water partition coefficient (Wildman–Crippen LogP) is -5.92. The molecule has 0 aromatic carbocycles. The number of unbranched alkanes of at least 4 members (excludes halogenated alkanes) is 1. The molecule has 0 bridgehead atoms. The summed E-state index contributed by atoms with van der Waals surface area (Å²) in [5.74, 6) is -10.2. The van der Waals surface area contributed by atoms with Crippen LogP contribution in [0, 0.1) is 11.8 Å². The lowest BCUT2D eigenvalue weighted by Crippen LogP contribution is -2.60. The molecular weight excluding hydrogens is 804 g/mol. The van der Waals surface area contributed by atoms with Crippen LogP contribution in [0.4, 0.5) is 0 Å². The summed E-state index contributed by atoms with van der Waals surface area (Å²) >= 11 is 0. The summed E-state index contributed by atoms with van der Waals surface area (Å²) in [4.78, 5) is 130. The second kappa shape index (κ2) is 28.4. The van der Waals surface area contributed by atoms with E-state index in [0.29, 0.717) is 19.4 Å². The van der Waals surface area contributed by atoms with Gasteiger partial charge in [-0.3, -0.25) is 48.1 Å². The molecule has 0 aliphatic heterocycles. The van der Waals surface area contributed by atoms with Gasteiger partial charge in [-0.15, -0.1) is 0 Å². The van der Waals surface area contributed by atoms with Gasteiger partial charge in [-0.05, 0) is 63.8 Å². The average molecular weight is 871 g/mol.